The lowest BCUT2D eigenvalue weighted by Gasteiger charge is -2.07. The number of unbranched alkanes of at least 4 members (excludes halogenated alkanes) is 2. The average Bonchev–Trinajstić information content (AvgIpc) is 2.46. The van der Waals surface area contributed by atoms with Gasteiger partial charge in [-0.15, -0.1) is 0 Å². The Morgan fingerprint density at radius 3 is 2.53 bits per heavy atom. The van der Waals surface area contributed by atoms with Crippen molar-refractivity contribution >= 4 is 0 Å². The monoisotopic (exact) mass is 253 g/mol. The molecule has 0 aliphatic heterocycles. The normalized spacial score (nSPS) is 10.4. The van der Waals surface area contributed by atoms with Gasteiger partial charge >= 0.3 is 0 Å². The van der Waals surface area contributed by atoms with Crippen molar-refractivity contribution in [2.24, 2.45) is 0 Å². The van der Waals surface area contributed by atoms with Gasteiger partial charge < -0.3 is 4.74 Å². The van der Waals surface area contributed by atoms with Crippen LogP contribution >= 0.6 is 0 Å². The molecule has 0 aliphatic carbocycles. The van der Waals surface area contributed by atoms with Crippen LogP contribution in [0.1, 0.15) is 37.3 Å². The van der Waals surface area contributed by atoms with Crippen molar-refractivity contribution < 1.29 is 4.74 Å². The molecule has 19 heavy (non-hydrogen) atoms. The van der Waals surface area contributed by atoms with Gasteiger partial charge in [0.25, 0.3) is 0 Å². The van der Waals surface area contributed by atoms with E-state index in [1.165, 1.54) is 24.0 Å². The summed E-state index contributed by atoms with van der Waals surface area (Å²) in [4.78, 5) is 0. The van der Waals surface area contributed by atoms with Crippen LogP contribution in [0.4, 0.5) is 0 Å². The van der Waals surface area contributed by atoms with Gasteiger partial charge in [-0.3, -0.25) is 0 Å². The van der Waals surface area contributed by atoms with Crippen LogP contribution in [0, 0.1) is 6.07 Å². The highest BCUT2D eigenvalue weighted by Gasteiger charge is 1.97. The van der Waals surface area contributed by atoms with Gasteiger partial charge in [-0.1, -0.05) is 56.2 Å². The zero-order valence-corrected chi connectivity index (χ0v) is 11.6. The lowest BCUT2D eigenvalue weighted by Crippen LogP contribution is -1.97. The van der Waals surface area contributed by atoms with Gasteiger partial charge in [-0.2, -0.15) is 0 Å². The van der Waals surface area contributed by atoms with Crippen LogP contribution < -0.4 is 4.74 Å². The summed E-state index contributed by atoms with van der Waals surface area (Å²) >= 11 is 0. The number of benzene rings is 2. The molecule has 0 aliphatic rings. The Balaban J connectivity index is 1.84. The van der Waals surface area contributed by atoms with Gasteiger partial charge in [0.05, 0.1) is 6.61 Å². The fourth-order valence-electron chi connectivity index (χ4n) is 2.02. The topological polar surface area (TPSA) is 9.23 Å². The molecule has 0 spiro atoms. The maximum Gasteiger partial charge on any atom is 0.119 e. The molecular weight excluding hydrogens is 232 g/mol. The molecule has 2 rings (SSSR count). The van der Waals surface area contributed by atoms with Crippen molar-refractivity contribution in [3.05, 3.63) is 65.7 Å². The second-order valence-electron chi connectivity index (χ2n) is 4.79. The summed E-state index contributed by atoms with van der Waals surface area (Å²) in [6, 6.07) is 19.6. The van der Waals surface area contributed by atoms with E-state index >= 15 is 0 Å². The number of ether oxygens (including phenoxy) is 1. The highest BCUT2D eigenvalue weighted by molar-refractivity contribution is 5.31. The Labute approximate surface area is 116 Å². The van der Waals surface area contributed by atoms with Gasteiger partial charge in [0.15, 0.2) is 0 Å². The molecule has 0 atom stereocenters. The van der Waals surface area contributed by atoms with Crippen LogP contribution in [-0.2, 0) is 6.42 Å². The van der Waals surface area contributed by atoms with Crippen molar-refractivity contribution in [3.63, 3.8) is 0 Å². The Hall–Kier alpha value is -1.76. The molecule has 0 unspecified atom stereocenters. The van der Waals surface area contributed by atoms with Crippen LogP contribution in [0.2, 0.25) is 0 Å². The summed E-state index contributed by atoms with van der Waals surface area (Å²) in [7, 11) is 0. The van der Waals surface area contributed by atoms with E-state index in [0.29, 0.717) is 0 Å². The molecule has 1 heteroatoms. The summed E-state index contributed by atoms with van der Waals surface area (Å²) in [5.41, 5.74) is 2.60. The highest BCUT2D eigenvalue weighted by atomic mass is 16.5. The van der Waals surface area contributed by atoms with Crippen molar-refractivity contribution in [1.29, 1.82) is 0 Å². The minimum Gasteiger partial charge on any atom is -0.494 e. The molecule has 0 fully saturated rings. The summed E-state index contributed by atoms with van der Waals surface area (Å²) < 4.78 is 5.71. The van der Waals surface area contributed by atoms with Crippen molar-refractivity contribution in [3.8, 4) is 5.75 Å². The SMILES string of the molecule is CCCCCOc1ccc(Cc2c[c]ccc2)cc1. The first kappa shape index (κ1) is 13.7. The lowest BCUT2D eigenvalue weighted by atomic mass is 10.1. The molecule has 0 aromatic heterocycles. The van der Waals surface area contributed by atoms with Crippen molar-refractivity contribution in [2.75, 3.05) is 6.61 Å². The predicted octanol–water partition coefficient (Wildman–Crippen LogP) is 4.65. The largest absolute Gasteiger partial charge is 0.494 e. The van der Waals surface area contributed by atoms with Gasteiger partial charge in [0, 0.05) is 0 Å². The first-order valence-electron chi connectivity index (χ1n) is 7.05. The first-order valence-corrected chi connectivity index (χ1v) is 7.05. The summed E-state index contributed by atoms with van der Waals surface area (Å²) in [5, 5.41) is 0. The van der Waals surface area contributed by atoms with E-state index in [9.17, 15) is 0 Å². The fourth-order valence-corrected chi connectivity index (χ4v) is 2.02. The Bertz CT molecular complexity index is 459. The molecule has 0 saturated carbocycles. The number of hydrogen-bond acceptors (Lipinski definition) is 1. The smallest absolute Gasteiger partial charge is 0.119 e. The van der Waals surface area contributed by atoms with E-state index < -0.39 is 0 Å². The summed E-state index contributed by atoms with van der Waals surface area (Å²) in [6.45, 7) is 3.02. The first-order chi connectivity index (χ1) is 9.38. The highest BCUT2D eigenvalue weighted by Crippen LogP contribution is 2.15. The van der Waals surface area contributed by atoms with Crippen molar-refractivity contribution in [1.82, 2.24) is 0 Å². The quantitative estimate of drug-likeness (QED) is 0.653. The molecule has 1 nitrogen and oxygen atoms in total. The molecule has 0 N–H and O–H groups in total. The van der Waals surface area contributed by atoms with Crippen molar-refractivity contribution in [2.45, 2.75) is 32.6 Å². The molecule has 0 heterocycles. The maximum absolute atomic E-state index is 5.71. The van der Waals surface area contributed by atoms with Crippen LogP contribution in [0.25, 0.3) is 0 Å². The minimum absolute atomic E-state index is 0.820. The molecule has 0 saturated heterocycles. The van der Waals surface area contributed by atoms with Gasteiger partial charge in [0.1, 0.15) is 5.75 Å². The maximum atomic E-state index is 5.71. The third-order valence-corrected chi connectivity index (χ3v) is 3.12. The average molecular weight is 253 g/mol. The second kappa shape index (κ2) is 7.63. The standard InChI is InChI=1S/C18H21O/c1-2-3-7-14-19-18-12-10-17(11-13-18)15-16-8-5-4-6-9-16/h4-5,8-13H,2-3,7,14-15H2,1H3. The zero-order valence-electron chi connectivity index (χ0n) is 11.6. The van der Waals surface area contributed by atoms with E-state index in [4.69, 9.17) is 4.74 Å². The van der Waals surface area contributed by atoms with E-state index in [0.717, 1.165) is 25.2 Å². The fraction of sp³-hybridized carbons (Fsp3) is 0.333. The van der Waals surface area contributed by atoms with E-state index in [1.54, 1.807) is 0 Å². The van der Waals surface area contributed by atoms with Gasteiger partial charge in [-0.25, -0.2) is 0 Å². The van der Waals surface area contributed by atoms with Gasteiger partial charge in [-0.05, 0) is 42.2 Å². The zero-order chi connectivity index (χ0) is 13.3. The second-order valence-corrected chi connectivity index (χ2v) is 4.79. The Kier molecular flexibility index (Phi) is 5.49. The lowest BCUT2D eigenvalue weighted by molar-refractivity contribution is 0.306. The molecule has 1 radical (unpaired) electrons. The molecule has 0 amide bonds. The number of hydrogen-bond donors (Lipinski definition) is 0. The van der Waals surface area contributed by atoms with Crippen LogP contribution in [0.15, 0.2) is 48.5 Å². The molecule has 99 valence electrons. The predicted molar refractivity (Wildman–Crippen MR) is 79.5 cm³/mol. The van der Waals surface area contributed by atoms with Gasteiger partial charge in [0.2, 0.25) is 0 Å². The molecule has 0 bridgehead atoms. The third-order valence-electron chi connectivity index (χ3n) is 3.12. The minimum atomic E-state index is 0.820. The summed E-state index contributed by atoms with van der Waals surface area (Å²) in [6.07, 6.45) is 4.56. The molecule has 2 aromatic rings. The van der Waals surface area contributed by atoms with Crippen LogP contribution in [-0.4, -0.2) is 6.61 Å². The summed E-state index contributed by atoms with van der Waals surface area (Å²) in [5.74, 6) is 0.972. The number of rotatable bonds is 7. The third kappa shape index (κ3) is 4.78. The van der Waals surface area contributed by atoms with Crippen LogP contribution in [0.3, 0.4) is 0 Å². The Morgan fingerprint density at radius 1 is 1.00 bits per heavy atom. The molecular formula is C18H21O. The van der Waals surface area contributed by atoms with E-state index in [1.807, 2.05) is 18.2 Å². The van der Waals surface area contributed by atoms with Crippen LogP contribution in [0.5, 0.6) is 5.75 Å². The van der Waals surface area contributed by atoms with E-state index in [-0.39, 0.29) is 0 Å². The molecule has 2 aromatic carbocycles. The van der Waals surface area contributed by atoms with E-state index in [2.05, 4.69) is 43.3 Å². The Morgan fingerprint density at radius 2 is 1.84 bits per heavy atom.